The summed E-state index contributed by atoms with van der Waals surface area (Å²) >= 11 is 0. The summed E-state index contributed by atoms with van der Waals surface area (Å²) in [5.41, 5.74) is 3.65. The summed E-state index contributed by atoms with van der Waals surface area (Å²) in [6, 6.07) is 12.4. The van der Waals surface area contributed by atoms with Gasteiger partial charge in [0, 0.05) is 18.2 Å². The fourth-order valence-electron chi connectivity index (χ4n) is 2.60. The molecule has 2 N–H and O–H groups in total. The van der Waals surface area contributed by atoms with Gasteiger partial charge in [-0.25, -0.2) is 0 Å². The third kappa shape index (κ3) is 3.04. The number of benzene rings is 2. The Kier molecular flexibility index (Phi) is 4.02. The summed E-state index contributed by atoms with van der Waals surface area (Å²) in [7, 11) is 1.96. The molecule has 1 aliphatic rings. The number of likely N-dealkylation sites (N-methyl/N-ethyl adjacent to an activating group) is 1. The second-order valence-electron chi connectivity index (χ2n) is 5.57. The van der Waals surface area contributed by atoms with Gasteiger partial charge in [0.25, 0.3) is 0 Å². The lowest BCUT2D eigenvalue weighted by Crippen LogP contribution is -2.35. The topological polar surface area (TPSA) is 68.4 Å². The summed E-state index contributed by atoms with van der Waals surface area (Å²) in [4.78, 5) is 2.02. The van der Waals surface area contributed by atoms with Crippen LogP contribution in [0, 0.1) is 0 Å². The molecule has 5 nitrogen and oxygen atoms in total. The van der Waals surface area contributed by atoms with E-state index in [1.54, 1.807) is 18.2 Å². The Balaban J connectivity index is 1.93. The molecule has 1 aliphatic heterocycles. The van der Waals surface area contributed by atoms with Crippen LogP contribution in [0.15, 0.2) is 52.7 Å². The molecule has 2 aromatic carbocycles. The average molecular weight is 309 g/mol. The first kappa shape index (κ1) is 15.1. The zero-order chi connectivity index (χ0) is 16.4. The smallest absolute Gasteiger partial charge is 0.158 e. The van der Waals surface area contributed by atoms with Gasteiger partial charge in [0.2, 0.25) is 0 Å². The Morgan fingerprint density at radius 1 is 1.00 bits per heavy atom. The molecule has 0 spiro atoms. The number of phenolic OH excluding ortho intramolecular Hbond substituents is 2. The molecule has 0 unspecified atom stereocenters. The molecule has 0 aliphatic carbocycles. The van der Waals surface area contributed by atoms with Crippen molar-refractivity contribution in [2.45, 2.75) is 13.3 Å². The first-order valence-corrected chi connectivity index (χ1v) is 7.56. The minimum Gasteiger partial charge on any atom is -0.508 e. The standard InChI is InChI=1S/C18H19N3O2/c1-3-12-10-14(6-9-17(12)23)16-11-21(2)18(20-19-16)13-4-7-15(22)8-5-13/h4-10,22-23H,3,11H2,1-2H3. The molecule has 5 heteroatoms. The van der Waals surface area contributed by atoms with Crippen LogP contribution < -0.4 is 0 Å². The van der Waals surface area contributed by atoms with E-state index in [1.165, 1.54) is 0 Å². The number of hydrogen-bond acceptors (Lipinski definition) is 5. The molecule has 118 valence electrons. The van der Waals surface area contributed by atoms with Gasteiger partial charge in [0.1, 0.15) is 11.5 Å². The van der Waals surface area contributed by atoms with Crippen molar-refractivity contribution in [1.82, 2.24) is 4.90 Å². The second kappa shape index (κ2) is 6.12. The molecule has 0 aromatic heterocycles. The number of hydrogen-bond donors (Lipinski definition) is 2. The third-order valence-electron chi connectivity index (χ3n) is 3.93. The molecule has 1 heterocycles. The second-order valence-corrected chi connectivity index (χ2v) is 5.57. The highest BCUT2D eigenvalue weighted by atomic mass is 16.3. The number of nitrogens with zero attached hydrogens (tertiary/aromatic N) is 3. The number of phenols is 2. The van der Waals surface area contributed by atoms with Crippen LogP contribution in [-0.4, -0.2) is 40.3 Å². The molecule has 0 atom stereocenters. The molecule has 23 heavy (non-hydrogen) atoms. The highest BCUT2D eigenvalue weighted by molar-refractivity contribution is 6.09. The maximum atomic E-state index is 9.80. The van der Waals surface area contributed by atoms with Crippen LogP contribution in [0.2, 0.25) is 0 Å². The van der Waals surface area contributed by atoms with E-state index < -0.39 is 0 Å². The first-order valence-electron chi connectivity index (χ1n) is 7.56. The summed E-state index contributed by atoms with van der Waals surface area (Å²) in [6.07, 6.45) is 0.769. The first-order chi connectivity index (χ1) is 11.1. The van der Waals surface area contributed by atoms with E-state index in [0.29, 0.717) is 12.3 Å². The Bertz CT molecular complexity index is 779. The zero-order valence-electron chi connectivity index (χ0n) is 13.2. The van der Waals surface area contributed by atoms with Gasteiger partial charge in [-0.15, -0.1) is 5.10 Å². The van der Waals surface area contributed by atoms with Gasteiger partial charge in [0.05, 0.1) is 12.3 Å². The third-order valence-corrected chi connectivity index (χ3v) is 3.93. The van der Waals surface area contributed by atoms with Gasteiger partial charge in [-0.2, -0.15) is 5.10 Å². The Hall–Kier alpha value is -2.82. The average Bonchev–Trinajstić information content (AvgIpc) is 2.56. The van der Waals surface area contributed by atoms with Gasteiger partial charge >= 0.3 is 0 Å². The number of amidine groups is 1. The van der Waals surface area contributed by atoms with Crippen molar-refractivity contribution in [2.75, 3.05) is 13.6 Å². The number of rotatable bonds is 3. The van der Waals surface area contributed by atoms with E-state index in [2.05, 4.69) is 10.2 Å². The molecule has 0 saturated heterocycles. The fourth-order valence-corrected chi connectivity index (χ4v) is 2.60. The minimum absolute atomic E-state index is 0.230. The van der Waals surface area contributed by atoms with Crippen LogP contribution in [0.5, 0.6) is 11.5 Å². The Morgan fingerprint density at radius 2 is 1.70 bits per heavy atom. The van der Waals surface area contributed by atoms with Crippen LogP contribution >= 0.6 is 0 Å². The van der Waals surface area contributed by atoms with E-state index in [9.17, 15) is 10.2 Å². The predicted octanol–water partition coefficient (Wildman–Crippen LogP) is 2.76. The van der Waals surface area contributed by atoms with E-state index in [0.717, 1.165) is 34.7 Å². The normalized spacial score (nSPS) is 14.4. The van der Waals surface area contributed by atoms with E-state index in [4.69, 9.17) is 0 Å². The predicted molar refractivity (Wildman–Crippen MR) is 91.3 cm³/mol. The molecule has 0 amide bonds. The molecule has 0 radical (unpaired) electrons. The van der Waals surface area contributed by atoms with Crippen LogP contribution in [0.25, 0.3) is 0 Å². The van der Waals surface area contributed by atoms with Crippen molar-refractivity contribution in [2.24, 2.45) is 10.2 Å². The molecule has 0 saturated carbocycles. The van der Waals surface area contributed by atoms with Crippen molar-refractivity contribution in [3.05, 3.63) is 59.2 Å². The quantitative estimate of drug-likeness (QED) is 0.916. The highest BCUT2D eigenvalue weighted by Crippen LogP contribution is 2.21. The number of aryl methyl sites for hydroxylation is 1. The monoisotopic (exact) mass is 309 g/mol. The highest BCUT2D eigenvalue weighted by Gasteiger charge is 2.18. The lowest BCUT2D eigenvalue weighted by atomic mass is 10.0. The van der Waals surface area contributed by atoms with Gasteiger partial charge in [-0.1, -0.05) is 6.92 Å². The Labute approximate surface area is 135 Å². The summed E-state index contributed by atoms with van der Waals surface area (Å²) in [5, 5.41) is 27.9. The van der Waals surface area contributed by atoms with E-state index >= 15 is 0 Å². The van der Waals surface area contributed by atoms with Crippen LogP contribution in [0.3, 0.4) is 0 Å². The maximum absolute atomic E-state index is 9.80. The van der Waals surface area contributed by atoms with Crippen molar-refractivity contribution in [3.63, 3.8) is 0 Å². The van der Waals surface area contributed by atoms with Gasteiger partial charge in [-0.3, -0.25) is 0 Å². The van der Waals surface area contributed by atoms with Crippen molar-refractivity contribution in [3.8, 4) is 11.5 Å². The van der Waals surface area contributed by atoms with Crippen molar-refractivity contribution >= 4 is 11.5 Å². The van der Waals surface area contributed by atoms with Crippen LogP contribution in [0.1, 0.15) is 23.6 Å². The van der Waals surface area contributed by atoms with Gasteiger partial charge in [0.15, 0.2) is 5.84 Å². The summed E-state index contributed by atoms with van der Waals surface area (Å²) in [6.45, 7) is 2.64. The SMILES string of the molecule is CCc1cc(C2=NN=C(c3ccc(O)cc3)N(C)C2)ccc1O. The number of aromatic hydroxyl groups is 2. The van der Waals surface area contributed by atoms with Crippen molar-refractivity contribution in [1.29, 1.82) is 0 Å². The lowest BCUT2D eigenvalue weighted by molar-refractivity contribution is 0.468. The zero-order valence-corrected chi connectivity index (χ0v) is 13.2. The van der Waals surface area contributed by atoms with Crippen molar-refractivity contribution < 1.29 is 10.2 Å². The minimum atomic E-state index is 0.230. The molecular formula is C18H19N3O2. The van der Waals surface area contributed by atoms with Crippen LogP contribution in [0.4, 0.5) is 0 Å². The molecule has 0 bridgehead atoms. The Morgan fingerprint density at radius 3 is 2.35 bits per heavy atom. The van der Waals surface area contributed by atoms with Gasteiger partial charge in [-0.05, 0) is 54.4 Å². The maximum Gasteiger partial charge on any atom is 0.158 e. The van der Waals surface area contributed by atoms with E-state index in [1.807, 2.05) is 43.1 Å². The molecule has 3 rings (SSSR count). The van der Waals surface area contributed by atoms with Gasteiger partial charge < -0.3 is 15.1 Å². The fraction of sp³-hybridized carbons (Fsp3) is 0.222. The molecule has 0 fully saturated rings. The summed E-state index contributed by atoms with van der Waals surface area (Å²) < 4.78 is 0. The lowest BCUT2D eigenvalue weighted by Gasteiger charge is -2.25. The molecular weight excluding hydrogens is 290 g/mol. The molecule has 2 aromatic rings. The van der Waals surface area contributed by atoms with Crippen LogP contribution in [-0.2, 0) is 6.42 Å². The summed E-state index contributed by atoms with van der Waals surface area (Å²) in [5.74, 6) is 1.31. The van der Waals surface area contributed by atoms with E-state index in [-0.39, 0.29) is 5.75 Å². The largest absolute Gasteiger partial charge is 0.508 e.